The van der Waals surface area contributed by atoms with Crippen LogP contribution in [0, 0.1) is 0 Å². The molecule has 29 heavy (non-hydrogen) atoms. The molecule has 0 atom stereocenters. The third-order valence-corrected chi connectivity index (χ3v) is 5.22. The van der Waals surface area contributed by atoms with Crippen molar-refractivity contribution in [2.24, 2.45) is 0 Å². The number of pyridine rings is 1. The Kier molecular flexibility index (Phi) is 5.50. The summed E-state index contributed by atoms with van der Waals surface area (Å²) in [6, 6.07) is 12.3. The highest BCUT2D eigenvalue weighted by Crippen LogP contribution is 2.24. The molecule has 4 rings (SSSR count). The average Bonchev–Trinajstić information content (AvgIpc) is 3.41. The normalized spacial score (nSPS) is 11.1. The zero-order valence-electron chi connectivity index (χ0n) is 15.6. The first-order chi connectivity index (χ1) is 14.2. The van der Waals surface area contributed by atoms with Gasteiger partial charge in [-0.1, -0.05) is 24.3 Å². The van der Waals surface area contributed by atoms with Crippen molar-refractivity contribution in [3.63, 3.8) is 0 Å². The van der Waals surface area contributed by atoms with Crippen molar-refractivity contribution in [1.29, 1.82) is 0 Å². The van der Waals surface area contributed by atoms with Gasteiger partial charge in [-0.25, -0.2) is 0 Å². The SMILES string of the molecule is COCCN(Cc1nnc(-c2cccs2)o1)C(=O)c1cc(=O)[nH]c2ccccc12. The van der Waals surface area contributed by atoms with E-state index in [0.717, 1.165) is 4.88 Å². The van der Waals surface area contributed by atoms with Crippen LogP contribution < -0.4 is 5.56 Å². The molecule has 1 amide bonds. The van der Waals surface area contributed by atoms with Gasteiger partial charge < -0.3 is 19.0 Å². The van der Waals surface area contributed by atoms with Crippen LogP contribution >= 0.6 is 11.3 Å². The largest absolute Gasteiger partial charge is 0.418 e. The Balaban J connectivity index is 1.65. The van der Waals surface area contributed by atoms with Gasteiger partial charge in [0.15, 0.2) is 0 Å². The predicted molar refractivity (Wildman–Crippen MR) is 109 cm³/mol. The number of carbonyl (C=O) groups is 1. The Morgan fingerprint density at radius 2 is 2.10 bits per heavy atom. The maximum absolute atomic E-state index is 13.3. The number of methoxy groups -OCH3 is 1. The smallest absolute Gasteiger partial charge is 0.257 e. The fourth-order valence-corrected chi connectivity index (χ4v) is 3.63. The van der Waals surface area contributed by atoms with E-state index >= 15 is 0 Å². The lowest BCUT2D eigenvalue weighted by atomic mass is 10.1. The second kappa shape index (κ2) is 8.38. The minimum atomic E-state index is -0.337. The number of thiophene rings is 1. The lowest BCUT2D eigenvalue weighted by Gasteiger charge is -2.21. The van der Waals surface area contributed by atoms with Crippen molar-refractivity contribution in [3.05, 3.63) is 69.7 Å². The summed E-state index contributed by atoms with van der Waals surface area (Å²) in [7, 11) is 1.56. The van der Waals surface area contributed by atoms with Crippen LogP contribution in [-0.4, -0.2) is 46.2 Å². The van der Waals surface area contributed by atoms with E-state index in [0.29, 0.717) is 41.4 Å². The van der Waals surface area contributed by atoms with E-state index in [4.69, 9.17) is 9.15 Å². The second-order valence-electron chi connectivity index (χ2n) is 6.29. The van der Waals surface area contributed by atoms with Gasteiger partial charge in [-0.05, 0) is 17.5 Å². The third-order valence-electron chi connectivity index (χ3n) is 4.36. The Labute approximate surface area is 169 Å². The molecule has 8 nitrogen and oxygen atoms in total. The Bertz CT molecular complexity index is 1180. The van der Waals surface area contributed by atoms with E-state index in [9.17, 15) is 9.59 Å². The first-order valence-corrected chi connectivity index (χ1v) is 9.80. The van der Waals surface area contributed by atoms with Crippen molar-refractivity contribution < 1.29 is 13.9 Å². The molecule has 0 unspecified atom stereocenters. The number of aromatic amines is 1. The molecule has 0 aliphatic carbocycles. The minimum absolute atomic E-state index is 0.113. The molecule has 3 aromatic heterocycles. The Hall–Kier alpha value is -3.30. The average molecular weight is 410 g/mol. The monoisotopic (exact) mass is 410 g/mol. The molecule has 148 valence electrons. The van der Waals surface area contributed by atoms with Gasteiger partial charge in [-0.3, -0.25) is 9.59 Å². The van der Waals surface area contributed by atoms with Crippen LogP contribution in [-0.2, 0) is 11.3 Å². The highest BCUT2D eigenvalue weighted by atomic mass is 32.1. The van der Waals surface area contributed by atoms with Crippen LogP contribution in [0.5, 0.6) is 0 Å². The van der Waals surface area contributed by atoms with Crippen LogP contribution in [0.25, 0.3) is 21.7 Å². The van der Waals surface area contributed by atoms with Crippen molar-refractivity contribution in [1.82, 2.24) is 20.1 Å². The molecule has 9 heteroatoms. The van der Waals surface area contributed by atoms with Crippen molar-refractivity contribution >= 4 is 28.1 Å². The summed E-state index contributed by atoms with van der Waals surface area (Å²) in [5.74, 6) is 0.419. The quantitative estimate of drug-likeness (QED) is 0.503. The highest BCUT2D eigenvalue weighted by molar-refractivity contribution is 7.13. The molecule has 0 saturated carbocycles. The van der Waals surface area contributed by atoms with E-state index in [1.807, 2.05) is 23.6 Å². The van der Waals surface area contributed by atoms with Gasteiger partial charge in [-0.15, -0.1) is 21.5 Å². The van der Waals surface area contributed by atoms with Crippen LogP contribution in [0.1, 0.15) is 16.2 Å². The number of aromatic nitrogens is 3. The molecule has 0 radical (unpaired) electrons. The Morgan fingerprint density at radius 3 is 2.90 bits per heavy atom. The number of benzene rings is 1. The summed E-state index contributed by atoms with van der Waals surface area (Å²) >= 11 is 1.49. The van der Waals surface area contributed by atoms with E-state index in [1.54, 1.807) is 25.3 Å². The van der Waals surface area contributed by atoms with Gasteiger partial charge in [-0.2, -0.15) is 0 Å². The van der Waals surface area contributed by atoms with Gasteiger partial charge in [0.05, 0.1) is 23.6 Å². The van der Waals surface area contributed by atoms with Gasteiger partial charge >= 0.3 is 0 Å². The standard InChI is InChI=1S/C20H18N4O4S/c1-27-9-8-24(12-18-22-23-19(28-18)16-7-4-10-29-16)20(26)14-11-17(25)21-15-6-3-2-5-13(14)15/h2-7,10-11H,8-9,12H2,1H3,(H,21,25). The molecule has 4 aromatic rings. The first-order valence-electron chi connectivity index (χ1n) is 8.92. The summed E-state index contributed by atoms with van der Waals surface area (Å²) < 4.78 is 10.9. The summed E-state index contributed by atoms with van der Waals surface area (Å²) in [5.41, 5.74) is 0.586. The van der Waals surface area contributed by atoms with E-state index < -0.39 is 0 Å². The molecule has 0 aliphatic heterocycles. The third kappa shape index (κ3) is 4.10. The van der Waals surface area contributed by atoms with Crippen LogP contribution in [0.2, 0.25) is 0 Å². The molecule has 0 saturated heterocycles. The van der Waals surface area contributed by atoms with E-state index in [2.05, 4.69) is 15.2 Å². The molecule has 0 aliphatic rings. The number of amides is 1. The van der Waals surface area contributed by atoms with Crippen molar-refractivity contribution in [2.45, 2.75) is 6.54 Å². The number of carbonyl (C=O) groups excluding carboxylic acids is 1. The fraction of sp³-hybridized carbons (Fsp3) is 0.200. The highest BCUT2D eigenvalue weighted by Gasteiger charge is 2.22. The molecule has 0 spiro atoms. The van der Waals surface area contributed by atoms with Gasteiger partial charge in [0, 0.05) is 30.6 Å². The number of H-pyrrole nitrogens is 1. The number of nitrogens with one attached hydrogen (secondary N) is 1. The minimum Gasteiger partial charge on any atom is -0.418 e. The number of hydrogen-bond acceptors (Lipinski definition) is 7. The van der Waals surface area contributed by atoms with E-state index in [-0.39, 0.29) is 18.0 Å². The Morgan fingerprint density at radius 1 is 1.24 bits per heavy atom. The summed E-state index contributed by atoms with van der Waals surface area (Å²) in [6.45, 7) is 0.758. The second-order valence-corrected chi connectivity index (χ2v) is 7.24. The summed E-state index contributed by atoms with van der Waals surface area (Å²) in [6.07, 6.45) is 0. The molecule has 1 N–H and O–H groups in total. The molecular weight excluding hydrogens is 392 g/mol. The molecule has 0 bridgehead atoms. The van der Waals surface area contributed by atoms with Crippen molar-refractivity contribution in [3.8, 4) is 10.8 Å². The molecule has 3 heterocycles. The summed E-state index contributed by atoms with van der Waals surface area (Å²) in [5, 5.41) is 10.7. The molecule has 1 aromatic carbocycles. The van der Waals surface area contributed by atoms with Crippen molar-refractivity contribution in [2.75, 3.05) is 20.3 Å². The predicted octanol–water partition coefficient (Wildman–Crippen LogP) is 2.93. The zero-order chi connectivity index (χ0) is 20.2. The maximum Gasteiger partial charge on any atom is 0.257 e. The summed E-state index contributed by atoms with van der Waals surface area (Å²) in [4.78, 5) is 30.5. The molecule has 0 fully saturated rings. The van der Waals surface area contributed by atoms with Crippen LogP contribution in [0.4, 0.5) is 0 Å². The lowest BCUT2D eigenvalue weighted by Crippen LogP contribution is -2.34. The number of ether oxygens (including phenoxy) is 1. The lowest BCUT2D eigenvalue weighted by molar-refractivity contribution is 0.0665. The zero-order valence-corrected chi connectivity index (χ0v) is 16.4. The van der Waals surface area contributed by atoms with Gasteiger partial charge in [0.2, 0.25) is 11.4 Å². The number of para-hydroxylation sites is 1. The number of hydrogen-bond donors (Lipinski definition) is 1. The van der Waals surface area contributed by atoms with Gasteiger partial charge in [0.25, 0.3) is 11.8 Å². The van der Waals surface area contributed by atoms with E-state index in [1.165, 1.54) is 22.3 Å². The molecular formula is C20H18N4O4S. The maximum atomic E-state index is 13.3. The number of rotatable bonds is 7. The number of nitrogens with zero attached hydrogens (tertiary/aromatic N) is 3. The number of fused-ring (bicyclic) bond motifs is 1. The van der Waals surface area contributed by atoms with Gasteiger partial charge in [0.1, 0.15) is 0 Å². The topological polar surface area (TPSA) is 101 Å². The van der Waals surface area contributed by atoms with Crippen LogP contribution in [0.3, 0.4) is 0 Å². The van der Waals surface area contributed by atoms with Crippen LogP contribution in [0.15, 0.2) is 57.1 Å². The fourth-order valence-electron chi connectivity index (χ4n) is 2.99. The first kappa shape index (κ1) is 19.0.